The predicted molar refractivity (Wildman–Crippen MR) is 83.3 cm³/mol. The van der Waals surface area contributed by atoms with Crippen molar-refractivity contribution in [2.24, 2.45) is 0 Å². The minimum absolute atomic E-state index is 0.138. The number of carbonyl (C=O) groups excluding carboxylic acids is 1. The standard InChI is InChI=1S/C15H13BrClNO2/c16-13-9-11(3-6-14(13)17)15(20)18-8-7-10-1-4-12(19)5-2-10/h1-6,9,19H,7-8H2,(H,18,20). The van der Waals surface area contributed by atoms with Gasteiger partial charge in [0.2, 0.25) is 0 Å². The summed E-state index contributed by atoms with van der Waals surface area (Å²) in [6.45, 7) is 0.532. The van der Waals surface area contributed by atoms with Crippen molar-refractivity contribution in [1.29, 1.82) is 0 Å². The van der Waals surface area contributed by atoms with Crippen LogP contribution in [0.1, 0.15) is 15.9 Å². The number of aromatic hydroxyl groups is 1. The molecular formula is C15H13BrClNO2. The highest BCUT2D eigenvalue weighted by molar-refractivity contribution is 9.10. The van der Waals surface area contributed by atoms with Gasteiger partial charge in [0, 0.05) is 16.6 Å². The van der Waals surface area contributed by atoms with Gasteiger partial charge in [0.15, 0.2) is 0 Å². The molecule has 2 aromatic carbocycles. The van der Waals surface area contributed by atoms with Gasteiger partial charge in [0.1, 0.15) is 5.75 Å². The molecule has 5 heteroatoms. The van der Waals surface area contributed by atoms with E-state index in [0.717, 1.165) is 5.56 Å². The summed E-state index contributed by atoms with van der Waals surface area (Å²) in [7, 11) is 0. The number of hydrogen-bond donors (Lipinski definition) is 2. The monoisotopic (exact) mass is 353 g/mol. The van der Waals surface area contributed by atoms with Gasteiger partial charge >= 0.3 is 0 Å². The second kappa shape index (κ2) is 6.77. The van der Waals surface area contributed by atoms with Crippen LogP contribution in [0, 0.1) is 0 Å². The molecule has 2 aromatic rings. The summed E-state index contributed by atoms with van der Waals surface area (Å²) in [5.41, 5.74) is 1.62. The summed E-state index contributed by atoms with van der Waals surface area (Å²) in [5, 5.41) is 12.6. The number of rotatable bonds is 4. The summed E-state index contributed by atoms with van der Waals surface area (Å²) >= 11 is 9.17. The molecule has 0 fully saturated rings. The van der Waals surface area contributed by atoms with Crippen LogP contribution in [0.4, 0.5) is 0 Å². The zero-order valence-electron chi connectivity index (χ0n) is 10.6. The van der Waals surface area contributed by atoms with E-state index < -0.39 is 0 Å². The third kappa shape index (κ3) is 3.99. The zero-order chi connectivity index (χ0) is 14.5. The van der Waals surface area contributed by atoms with Crippen LogP contribution in [0.5, 0.6) is 5.75 Å². The van der Waals surface area contributed by atoms with Gasteiger partial charge in [0.25, 0.3) is 5.91 Å². The smallest absolute Gasteiger partial charge is 0.251 e. The molecule has 0 atom stereocenters. The number of halogens is 2. The topological polar surface area (TPSA) is 49.3 Å². The Labute approximate surface area is 130 Å². The molecule has 0 aromatic heterocycles. The molecule has 0 spiro atoms. The number of phenols is 1. The normalized spacial score (nSPS) is 10.3. The van der Waals surface area contributed by atoms with Crippen molar-refractivity contribution in [1.82, 2.24) is 5.32 Å². The molecule has 0 bridgehead atoms. The van der Waals surface area contributed by atoms with Gasteiger partial charge in [0.05, 0.1) is 5.02 Å². The summed E-state index contributed by atoms with van der Waals surface area (Å²) < 4.78 is 0.699. The van der Waals surface area contributed by atoms with E-state index in [1.807, 2.05) is 12.1 Å². The van der Waals surface area contributed by atoms with E-state index in [9.17, 15) is 9.90 Å². The summed E-state index contributed by atoms with van der Waals surface area (Å²) in [6.07, 6.45) is 0.709. The molecule has 104 valence electrons. The minimum Gasteiger partial charge on any atom is -0.508 e. The Morgan fingerprint density at radius 2 is 1.90 bits per heavy atom. The number of hydrogen-bond acceptors (Lipinski definition) is 2. The lowest BCUT2D eigenvalue weighted by Gasteiger charge is -2.06. The maximum absolute atomic E-state index is 11.9. The van der Waals surface area contributed by atoms with E-state index >= 15 is 0 Å². The molecule has 2 N–H and O–H groups in total. The fourth-order valence-corrected chi connectivity index (χ4v) is 2.22. The van der Waals surface area contributed by atoms with Gasteiger partial charge in [-0.15, -0.1) is 0 Å². The van der Waals surface area contributed by atoms with Crippen molar-refractivity contribution >= 4 is 33.4 Å². The Morgan fingerprint density at radius 1 is 1.20 bits per heavy atom. The fourth-order valence-electron chi connectivity index (χ4n) is 1.72. The molecule has 0 unspecified atom stereocenters. The van der Waals surface area contributed by atoms with E-state index in [-0.39, 0.29) is 11.7 Å². The molecule has 0 radical (unpaired) electrons. The van der Waals surface area contributed by atoms with Crippen molar-refractivity contribution in [2.45, 2.75) is 6.42 Å². The molecule has 0 saturated heterocycles. The third-order valence-corrected chi connectivity index (χ3v) is 4.03. The number of phenolic OH excluding ortho intramolecular Hbond substituents is 1. The molecule has 0 aliphatic carbocycles. The lowest BCUT2D eigenvalue weighted by molar-refractivity contribution is 0.0954. The Hall–Kier alpha value is -1.52. The Bertz CT molecular complexity index is 614. The lowest BCUT2D eigenvalue weighted by Crippen LogP contribution is -2.25. The van der Waals surface area contributed by atoms with Crippen LogP contribution in [0.25, 0.3) is 0 Å². The van der Waals surface area contributed by atoms with Gasteiger partial charge < -0.3 is 10.4 Å². The van der Waals surface area contributed by atoms with Crippen molar-refractivity contribution in [3.63, 3.8) is 0 Å². The molecule has 3 nitrogen and oxygen atoms in total. The van der Waals surface area contributed by atoms with Crippen LogP contribution in [0.15, 0.2) is 46.9 Å². The van der Waals surface area contributed by atoms with Gasteiger partial charge in [-0.1, -0.05) is 23.7 Å². The Kier molecular flexibility index (Phi) is 5.04. The first-order chi connectivity index (χ1) is 9.56. The first-order valence-electron chi connectivity index (χ1n) is 6.07. The second-order valence-corrected chi connectivity index (χ2v) is 5.56. The predicted octanol–water partition coefficient (Wildman–Crippen LogP) is 3.78. The van der Waals surface area contributed by atoms with Crippen molar-refractivity contribution in [3.05, 3.63) is 63.1 Å². The third-order valence-electron chi connectivity index (χ3n) is 2.82. The first-order valence-corrected chi connectivity index (χ1v) is 7.24. The average Bonchev–Trinajstić information content (AvgIpc) is 2.44. The Balaban J connectivity index is 1.88. The maximum Gasteiger partial charge on any atom is 0.251 e. The average molecular weight is 355 g/mol. The van der Waals surface area contributed by atoms with Crippen molar-refractivity contribution < 1.29 is 9.90 Å². The number of benzene rings is 2. The summed E-state index contributed by atoms with van der Waals surface area (Å²) in [4.78, 5) is 11.9. The summed E-state index contributed by atoms with van der Waals surface area (Å²) in [5.74, 6) is 0.102. The molecule has 0 aliphatic rings. The largest absolute Gasteiger partial charge is 0.508 e. The maximum atomic E-state index is 11.9. The highest BCUT2D eigenvalue weighted by atomic mass is 79.9. The van der Waals surface area contributed by atoms with Crippen LogP contribution in [0.2, 0.25) is 5.02 Å². The van der Waals surface area contributed by atoms with Gasteiger partial charge in [-0.25, -0.2) is 0 Å². The van der Waals surface area contributed by atoms with E-state index in [1.54, 1.807) is 30.3 Å². The van der Waals surface area contributed by atoms with Crippen LogP contribution in [-0.2, 0) is 6.42 Å². The van der Waals surface area contributed by atoms with Crippen LogP contribution in [0.3, 0.4) is 0 Å². The van der Waals surface area contributed by atoms with Gasteiger partial charge in [-0.3, -0.25) is 4.79 Å². The number of amides is 1. The highest BCUT2D eigenvalue weighted by Crippen LogP contribution is 2.23. The SMILES string of the molecule is O=C(NCCc1ccc(O)cc1)c1ccc(Cl)c(Br)c1. The van der Waals surface area contributed by atoms with Crippen molar-refractivity contribution in [3.8, 4) is 5.75 Å². The number of carbonyl (C=O) groups is 1. The van der Waals surface area contributed by atoms with Crippen LogP contribution in [-0.4, -0.2) is 17.6 Å². The molecule has 1 amide bonds. The van der Waals surface area contributed by atoms with Crippen molar-refractivity contribution in [2.75, 3.05) is 6.54 Å². The lowest BCUT2D eigenvalue weighted by atomic mass is 10.1. The molecule has 0 saturated carbocycles. The van der Waals surface area contributed by atoms with E-state index in [0.29, 0.717) is 28.0 Å². The molecular weight excluding hydrogens is 342 g/mol. The quantitative estimate of drug-likeness (QED) is 0.878. The van der Waals surface area contributed by atoms with E-state index in [2.05, 4.69) is 21.2 Å². The van der Waals surface area contributed by atoms with Gasteiger partial charge in [-0.05, 0) is 58.2 Å². The number of nitrogens with one attached hydrogen (secondary N) is 1. The minimum atomic E-state index is -0.138. The first kappa shape index (κ1) is 14.9. The summed E-state index contributed by atoms with van der Waals surface area (Å²) in [6, 6.07) is 12.0. The van der Waals surface area contributed by atoms with E-state index in [4.69, 9.17) is 11.6 Å². The zero-order valence-corrected chi connectivity index (χ0v) is 12.9. The fraction of sp³-hybridized carbons (Fsp3) is 0.133. The second-order valence-electron chi connectivity index (χ2n) is 4.30. The molecule has 0 aliphatic heterocycles. The molecule has 0 heterocycles. The molecule has 20 heavy (non-hydrogen) atoms. The molecule has 2 rings (SSSR count). The highest BCUT2D eigenvalue weighted by Gasteiger charge is 2.07. The van der Waals surface area contributed by atoms with Gasteiger partial charge in [-0.2, -0.15) is 0 Å². The van der Waals surface area contributed by atoms with Crippen LogP contribution < -0.4 is 5.32 Å². The van der Waals surface area contributed by atoms with Crippen LogP contribution >= 0.6 is 27.5 Å². The Morgan fingerprint density at radius 3 is 2.55 bits per heavy atom. The van der Waals surface area contributed by atoms with E-state index in [1.165, 1.54) is 0 Å².